The minimum absolute atomic E-state index is 0.0537. The molecule has 0 amide bonds. The van der Waals surface area contributed by atoms with E-state index in [1.807, 2.05) is 12.1 Å². The van der Waals surface area contributed by atoms with E-state index in [2.05, 4.69) is 25.9 Å². The number of aromatic nitrogens is 2. The van der Waals surface area contributed by atoms with E-state index >= 15 is 0 Å². The lowest BCUT2D eigenvalue weighted by Crippen LogP contribution is -2.48. The molecular formula is C20H15BrFN3O4. The van der Waals surface area contributed by atoms with E-state index in [0.717, 1.165) is 11.9 Å². The number of esters is 1. The molecule has 0 atom stereocenters. The summed E-state index contributed by atoms with van der Waals surface area (Å²) in [6.45, 7) is 0. The number of carbonyl (C=O) groups is 1. The Morgan fingerprint density at radius 2 is 2.10 bits per heavy atom. The van der Waals surface area contributed by atoms with Gasteiger partial charge in [0, 0.05) is 29.3 Å². The van der Waals surface area contributed by atoms with Crippen molar-refractivity contribution in [3.63, 3.8) is 0 Å². The Morgan fingerprint density at radius 1 is 1.34 bits per heavy atom. The molecule has 0 radical (unpaired) electrons. The van der Waals surface area contributed by atoms with Crippen LogP contribution in [0.25, 0.3) is 10.9 Å². The van der Waals surface area contributed by atoms with E-state index in [9.17, 15) is 19.3 Å². The predicted molar refractivity (Wildman–Crippen MR) is 106 cm³/mol. The number of hydrogen-bond acceptors (Lipinski definition) is 6. The van der Waals surface area contributed by atoms with E-state index in [1.54, 1.807) is 12.3 Å². The van der Waals surface area contributed by atoms with Crippen molar-refractivity contribution in [3.8, 4) is 0 Å². The molecule has 0 N–H and O–H groups in total. The summed E-state index contributed by atoms with van der Waals surface area (Å²) in [6, 6.07) is 8.12. The first-order valence-electron chi connectivity index (χ1n) is 8.79. The highest BCUT2D eigenvalue weighted by Crippen LogP contribution is 2.56. The van der Waals surface area contributed by atoms with Crippen LogP contribution in [0.15, 0.2) is 47.2 Å². The molecule has 1 aliphatic carbocycles. The van der Waals surface area contributed by atoms with Gasteiger partial charge in [0.25, 0.3) is 5.69 Å². The number of halogens is 2. The number of nitro groups is 1. The lowest BCUT2D eigenvalue weighted by molar-refractivity contribution is -0.386. The van der Waals surface area contributed by atoms with Gasteiger partial charge in [0.05, 0.1) is 27.6 Å². The highest BCUT2D eigenvalue weighted by molar-refractivity contribution is 9.10. The molecule has 9 heteroatoms. The van der Waals surface area contributed by atoms with Crippen molar-refractivity contribution >= 4 is 38.5 Å². The van der Waals surface area contributed by atoms with Gasteiger partial charge in [-0.2, -0.15) is 0 Å². The summed E-state index contributed by atoms with van der Waals surface area (Å²) >= 11 is 3.12. The Hall–Kier alpha value is -2.94. The SMILES string of the molecule is COC(=O)C1(c2c([N+](=O)[O-])cnc3cc(F)c(Br)cc23)CC(c2ccccn2)C1. The second kappa shape index (κ2) is 7.14. The first-order chi connectivity index (χ1) is 13.9. The third-order valence-corrected chi connectivity index (χ3v) is 6.04. The van der Waals surface area contributed by atoms with E-state index in [4.69, 9.17) is 4.74 Å². The number of fused-ring (bicyclic) bond motifs is 1. The second-order valence-corrected chi connectivity index (χ2v) is 7.85. The fraction of sp³-hybridized carbons (Fsp3) is 0.250. The topological polar surface area (TPSA) is 95.2 Å². The zero-order valence-electron chi connectivity index (χ0n) is 15.3. The Kier molecular flexibility index (Phi) is 4.77. The van der Waals surface area contributed by atoms with Crippen LogP contribution in [-0.4, -0.2) is 28.0 Å². The summed E-state index contributed by atoms with van der Waals surface area (Å²) in [5.74, 6) is -1.17. The highest BCUT2D eigenvalue weighted by atomic mass is 79.9. The van der Waals surface area contributed by atoms with Crippen molar-refractivity contribution in [2.75, 3.05) is 7.11 Å². The zero-order valence-corrected chi connectivity index (χ0v) is 16.8. The summed E-state index contributed by atoms with van der Waals surface area (Å²) < 4.78 is 19.2. The molecule has 29 heavy (non-hydrogen) atoms. The summed E-state index contributed by atoms with van der Waals surface area (Å²) in [4.78, 5) is 32.5. The van der Waals surface area contributed by atoms with Gasteiger partial charge in [0.1, 0.15) is 17.4 Å². The Balaban J connectivity index is 1.94. The maximum atomic E-state index is 14.0. The van der Waals surface area contributed by atoms with Crippen LogP contribution in [-0.2, 0) is 14.9 Å². The first kappa shape index (κ1) is 19.4. The van der Waals surface area contributed by atoms with Gasteiger partial charge >= 0.3 is 5.97 Å². The van der Waals surface area contributed by atoms with Crippen molar-refractivity contribution in [2.24, 2.45) is 0 Å². The second-order valence-electron chi connectivity index (χ2n) is 6.99. The van der Waals surface area contributed by atoms with Crippen LogP contribution in [0.5, 0.6) is 0 Å². The third kappa shape index (κ3) is 3.05. The molecule has 4 rings (SSSR count). The summed E-state index contributed by atoms with van der Waals surface area (Å²) in [7, 11) is 1.25. The van der Waals surface area contributed by atoms with Crippen LogP contribution in [0, 0.1) is 15.9 Å². The van der Waals surface area contributed by atoms with Gasteiger partial charge in [-0.3, -0.25) is 19.9 Å². The fourth-order valence-corrected chi connectivity index (χ4v) is 4.44. The average Bonchev–Trinajstić information content (AvgIpc) is 2.68. The summed E-state index contributed by atoms with van der Waals surface area (Å²) in [6.07, 6.45) is 3.33. The fourth-order valence-electron chi connectivity index (χ4n) is 4.09. The van der Waals surface area contributed by atoms with Crippen molar-refractivity contribution in [1.82, 2.24) is 9.97 Å². The zero-order chi connectivity index (χ0) is 20.8. The van der Waals surface area contributed by atoms with Crippen molar-refractivity contribution in [3.05, 3.63) is 74.4 Å². The Labute approximate surface area is 173 Å². The lowest BCUT2D eigenvalue weighted by Gasteiger charge is -2.45. The number of hydrogen-bond donors (Lipinski definition) is 0. The van der Waals surface area contributed by atoms with Crippen LogP contribution in [0.4, 0.5) is 10.1 Å². The van der Waals surface area contributed by atoms with E-state index in [0.29, 0.717) is 18.2 Å². The minimum atomic E-state index is -1.24. The number of carbonyl (C=O) groups excluding carboxylic acids is 1. The van der Waals surface area contributed by atoms with Gasteiger partial charge < -0.3 is 4.74 Å². The summed E-state index contributed by atoms with van der Waals surface area (Å²) in [5.41, 5.74) is -0.290. The molecular weight excluding hydrogens is 445 g/mol. The molecule has 1 aromatic carbocycles. The van der Waals surface area contributed by atoms with E-state index < -0.39 is 22.1 Å². The van der Waals surface area contributed by atoms with Crippen LogP contribution in [0.1, 0.15) is 30.0 Å². The minimum Gasteiger partial charge on any atom is -0.468 e. The quantitative estimate of drug-likeness (QED) is 0.325. The van der Waals surface area contributed by atoms with Gasteiger partial charge in [-0.25, -0.2) is 9.37 Å². The molecule has 2 aromatic heterocycles. The van der Waals surface area contributed by atoms with Crippen LogP contribution in [0.3, 0.4) is 0 Å². The normalized spacial score (nSPS) is 20.9. The van der Waals surface area contributed by atoms with Crippen LogP contribution in [0.2, 0.25) is 0 Å². The van der Waals surface area contributed by atoms with Gasteiger partial charge in [0.15, 0.2) is 0 Å². The molecule has 0 unspecified atom stereocenters. The number of ether oxygens (including phenoxy) is 1. The Bertz CT molecular complexity index is 1130. The van der Waals surface area contributed by atoms with Gasteiger partial charge in [-0.1, -0.05) is 6.07 Å². The monoisotopic (exact) mass is 459 g/mol. The lowest BCUT2D eigenvalue weighted by atomic mass is 9.56. The first-order valence-corrected chi connectivity index (χ1v) is 9.58. The standard InChI is InChI=1S/C20H15BrFN3O4/c1-29-19(26)20(8-11(9-20)15-4-2-3-5-23-15)18-12-6-13(21)14(22)7-16(12)24-10-17(18)25(27)28/h2-7,10-11H,8-9H2,1H3. The number of rotatable bonds is 4. The number of benzene rings is 1. The Morgan fingerprint density at radius 3 is 2.72 bits per heavy atom. The summed E-state index contributed by atoms with van der Waals surface area (Å²) in [5, 5.41) is 12.1. The molecule has 0 aliphatic heterocycles. The molecule has 0 bridgehead atoms. The van der Waals surface area contributed by atoms with Crippen LogP contribution < -0.4 is 0 Å². The predicted octanol–water partition coefficient (Wildman–Crippen LogP) is 4.43. The maximum absolute atomic E-state index is 14.0. The van der Waals surface area contributed by atoms with Gasteiger partial charge in [-0.05, 0) is 47.0 Å². The van der Waals surface area contributed by atoms with Gasteiger partial charge in [-0.15, -0.1) is 0 Å². The molecule has 148 valence electrons. The molecule has 1 fully saturated rings. The highest BCUT2D eigenvalue weighted by Gasteiger charge is 2.56. The molecule has 7 nitrogen and oxygen atoms in total. The number of methoxy groups -OCH3 is 1. The molecule has 0 saturated heterocycles. The molecule has 1 aliphatic rings. The largest absolute Gasteiger partial charge is 0.468 e. The molecule has 3 aromatic rings. The average molecular weight is 460 g/mol. The van der Waals surface area contributed by atoms with Crippen molar-refractivity contribution in [1.29, 1.82) is 0 Å². The number of nitrogens with zero attached hydrogens (tertiary/aromatic N) is 3. The number of pyridine rings is 2. The van der Waals surface area contributed by atoms with E-state index in [-0.39, 0.29) is 27.2 Å². The maximum Gasteiger partial charge on any atom is 0.316 e. The smallest absolute Gasteiger partial charge is 0.316 e. The van der Waals surface area contributed by atoms with Gasteiger partial charge in [0.2, 0.25) is 0 Å². The van der Waals surface area contributed by atoms with Crippen molar-refractivity contribution in [2.45, 2.75) is 24.2 Å². The van der Waals surface area contributed by atoms with Crippen LogP contribution >= 0.6 is 15.9 Å². The molecule has 2 heterocycles. The third-order valence-electron chi connectivity index (χ3n) is 5.44. The molecule has 0 spiro atoms. The molecule has 1 saturated carbocycles. The van der Waals surface area contributed by atoms with Crippen molar-refractivity contribution < 1.29 is 18.8 Å². The van der Waals surface area contributed by atoms with E-state index in [1.165, 1.54) is 19.2 Å².